The maximum Gasteiger partial charge on any atom is 0.322 e. The summed E-state index contributed by atoms with van der Waals surface area (Å²) in [6.45, 7) is 1.98. The van der Waals surface area contributed by atoms with Crippen LogP contribution in [0.5, 0.6) is 0 Å². The van der Waals surface area contributed by atoms with Crippen LogP contribution in [0.1, 0.15) is 49.1 Å². The van der Waals surface area contributed by atoms with Gasteiger partial charge in [-0.1, -0.05) is 24.6 Å². The molecule has 0 radical (unpaired) electrons. The second-order valence-corrected chi connectivity index (χ2v) is 11.0. The largest absolute Gasteiger partial charge is 0.322 e. The number of hydrogen-bond acceptors (Lipinski definition) is 6. The Morgan fingerprint density at radius 3 is 2.50 bits per heavy atom. The molecule has 2 aromatic rings. The summed E-state index contributed by atoms with van der Waals surface area (Å²) in [7, 11) is -3.76. The van der Waals surface area contributed by atoms with Gasteiger partial charge in [-0.25, -0.2) is 23.2 Å². The highest BCUT2D eigenvalue weighted by molar-refractivity contribution is 7.89. The molecule has 9 nitrogen and oxygen atoms in total. The number of fused-ring (bicyclic) bond motifs is 1. The molecule has 0 bridgehead atoms. The molecule has 1 atom stereocenters. The van der Waals surface area contributed by atoms with Crippen LogP contribution in [0.3, 0.4) is 0 Å². The highest BCUT2D eigenvalue weighted by Gasteiger charge is 2.46. The van der Waals surface area contributed by atoms with Crippen molar-refractivity contribution in [3.8, 4) is 11.1 Å². The van der Waals surface area contributed by atoms with E-state index in [1.807, 2.05) is 24.5 Å². The SMILES string of the molecule is C[C@]1(CS(=O)(=O)N2CCc3cc(-c4cnc(C5CCC5)nc4)ccc3C2)NC(=O)NC1=O. The summed E-state index contributed by atoms with van der Waals surface area (Å²) in [4.78, 5) is 32.6. The minimum atomic E-state index is -3.76. The van der Waals surface area contributed by atoms with E-state index in [1.165, 1.54) is 17.6 Å². The van der Waals surface area contributed by atoms with Crippen LogP contribution in [0.2, 0.25) is 0 Å². The minimum absolute atomic E-state index is 0.237. The molecule has 1 saturated carbocycles. The normalized spacial score (nSPS) is 23.9. The molecule has 3 aliphatic rings. The van der Waals surface area contributed by atoms with Gasteiger partial charge in [-0.05, 0) is 42.9 Å². The third-order valence-corrected chi connectivity index (χ3v) is 8.68. The number of carbonyl (C=O) groups excluding carboxylic acids is 2. The van der Waals surface area contributed by atoms with Crippen LogP contribution in [0.15, 0.2) is 30.6 Å². The minimum Gasteiger partial charge on any atom is -0.322 e. The summed E-state index contributed by atoms with van der Waals surface area (Å²) in [5, 5.41) is 4.53. The molecule has 1 saturated heterocycles. The Hall–Kier alpha value is -2.85. The molecule has 2 N–H and O–H groups in total. The maximum atomic E-state index is 13.0. The standard InChI is InChI=1S/C22H25N5O4S/c1-22(20(28)25-21(29)26-22)13-32(30,31)27-8-7-16-9-15(5-6-17(16)12-27)18-10-23-19(24-11-18)14-3-2-4-14/h5-6,9-11,14H,2-4,7-8,12-13H2,1H3,(H2,25,26,28,29)/t22-/m1/s1. The zero-order valence-corrected chi connectivity index (χ0v) is 18.6. The fourth-order valence-electron chi connectivity index (χ4n) is 4.45. The van der Waals surface area contributed by atoms with Gasteiger partial charge in [0.2, 0.25) is 10.0 Å². The van der Waals surface area contributed by atoms with Crippen molar-refractivity contribution in [2.45, 2.75) is 50.6 Å². The Bertz CT molecular complexity index is 1190. The number of urea groups is 1. The van der Waals surface area contributed by atoms with Gasteiger partial charge in [0.1, 0.15) is 11.4 Å². The predicted molar refractivity (Wildman–Crippen MR) is 117 cm³/mol. The van der Waals surface area contributed by atoms with Gasteiger partial charge >= 0.3 is 6.03 Å². The number of amides is 3. The Kier molecular flexibility index (Phi) is 5.01. The predicted octanol–water partition coefficient (Wildman–Crippen LogP) is 1.70. The van der Waals surface area contributed by atoms with Crippen LogP contribution in [0.4, 0.5) is 4.79 Å². The molecule has 2 fully saturated rings. The zero-order chi connectivity index (χ0) is 22.5. The van der Waals surface area contributed by atoms with Gasteiger partial charge in [0.25, 0.3) is 5.91 Å². The Morgan fingerprint density at radius 2 is 1.88 bits per heavy atom. The molecule has 32 heavy (non-hydrogen) atoms. The molecule has 0 unspecified atom stereocenters. The lowest BCUT2D eigenvalue weighted by Gasteiger charge is -2.31. The van der Waals surface area contributed by atoms with Crippen LogP contribution in [0, 0.1) is 0 Å². The first-order valence-corrected chi connectivity index (χ1v) is 12.4. The van der Waals surface area contributed by atoms with Crippen molar-refractivity contribution in [2.24, 2.45) is 0 Å². The number of benzene rings is 1. The molecule has 1 aromatic carbocycles. The summed E-state index contributed by atoms with van der Waals surface area (Å²) in [6.07, 6.45) is 7.86. The molecule has 1 aliphatic carbocycles. The fraction of sp³-hybridized carbons (Fsp3) is 0.455. The molecule has 3 heterocycles. The van der Waals surface area contributed by atoms with Gasteiger partial charge in [0, 0.05) is 37.0 Å². The van der Waals surface area contributed by atoms with E-state index in [1.54, 1.807) is 0 Å². The van der Waals surface area contributed by atoms with Crippen molar-refractivity contribution in [2.75, 3.05) is 12.3 Å². The first-order valence-electron chi connectivity index (χ1n) is 10.8. The topological polar surface area (TPSA) is 121 Å². The molecule has 0 spiro atoms. The number of sulfonamides is 1. The van der Waals surface area contributed by atoms with E-state index in [0.29, 0.717) is 18.9 Å². The van der Waals surface area contributed by atoms with Gasteiger partial charge in [-0.3, -0.25) is 10.1 Å². The third kappa shape index (κ3) is 3.77. The molecule has 3 amide bonds. The van der Waals surface area contributed by atoms with Crippen molar-refractivity contribution >= 4 is 22.0 Å². The number of rotatable bonds is 5. The van der Waals surface area contributed by atoms with E-state index < -0.39 is 33.3 Å². The number of imide groups is 1. The highest BCUT2D eigenvalue weighted by atomic mass is 32.2. The molecular formula is C22H25N5O4S. The first kappa shape index (κ1) is 21.0. The smallest absolute Gasteiger partial charge is 0.322 e. The Labute approximate surface area is 186 Å². The molecule has 5 rings (SSSR count). The lowest BCUT2D eigenvalue weighted by atomic mass is 9.85. The van der Waals surface area contributed by atoms with E-state index in [4.69, 9.17) is 0 Å². The zero-order valence-electron chi connectivity index (χ0n) is 17.8. The lowest BCUT2D eigenvalue weighted by Crippen LogP contribution is -2.53. The second kappa shape index (κ2) is 7.63. The van der Waals surface area contributed by atoms with Gasteiger partial charge in [0.15, 0.2) is 0 Å². The summed E-state index contributed by atoms with van der Waals surface area (Å²) in [6, 6.07) is 5.31. The van der Waals surface area contributed by atoms with Crippen LogP contribution in [-0.4, -0.2) is 52.5 Å². The van der Waals surface area contributed by atoms with E-state index in [9.17, 15) is 18.0 Å². The van der Waals surface area contributed by atoms with Crippen molar-refractivity contribution in [3.05, 3.63) is 47.5 Å². The number of aromatic nitrogens is 2. The summed E-state index contributed by atoms with van der Waals surface area (Å²) in [5.41, 5.74) is 2.52. The third-order valence-electron chi connectivity index (χ3n) is 6.64. The number of carbonyl (C=O) groups is 2. The summed E-state index contributed by atoms with van der Waals surface area (Å²) in [5.74, 6) is 0.306. The van der Waals surface area contributed by atoms with Crippen molar-refractivity contribution < 1.29 is 18.0 Å². The van der Waals surface area contributed by atoms with Gasteiger partial charge in [-0.2, -0.15) is 4.31 Å². The first-order chi connectivity index (χ1) is 15.2. The van der Waals surface area contributed by atoms with Crippen LogP contribution in [0.25, 0.3) is 11.1 Å². The molecule has 2 aliphatic heterocycles. The number of hydrogen-bond donors (Lipinski definition) is 2. The second-order valence-electron chi connectivity index (χ2n) is 9.02. The molecule has 10 heteroatoms. The maximum absolute atomic E-state index is 13.0. The van der Waals surface area contributed by atoms with Gasteiger partial charge < -0.3 is 5.32 Å². The fourth-order valence-corrected chi connectivity index (χ4v) is 6.27. The van der Waals surface area contributed by atoms with Crippen LogP contribution < -0.4 is 10.6 Å². The molecule has 168 valence electrons. The van der Waals surface area contributed by atoms with Crippen LogP contribution >= 0.6 is 0 Å². The Morgan fingerprint density at radius 1 is 1.12 bits per heavy atom. The molecule has 1 aromatic heterocycles. The summed E-state index contributed by atoms with van der Waals surface area (Å²) < 4.78 is 27.4. The number of nitrogens with zero attached hydrogens (tertiary/aromatic N) is 3. The van der Waals surface area contributed by atoms with Crippen molar-refractivity contribution in [1.82, 2.24) is 24.9 Å². The van der Waals surface area contributed by atoms with E-state index in [0.717, 1.165) is 40.9 Å². The molecular weight excluding hydrogens is 430 g/mol. The quantitative estimate of drug-likeness (QED) is 0.662. The van der Waals surface area contributed by atoms with E-state index in [-0.39, 0.29) is 6.54 Å². The van der Waals surface area contributed by atoms with Crippen molar-refractivity contribution in [3.63, 3.8) is 0 Å². The highest BCUT2D eigenvalue weighted by Crippen LogP contribution is 2.34. The lowest BCUT2D eigenvalue weighted by molar-refractivity contribution is -0.122. The van der Waals surface area contributed by atoms with Crippen LogP contribution in [-0.2, 0) is 27.8 Å². The monoisotopic (exact) mass is 455 g/mol. The average molecular weight is 456 g/mol. The average Bonchev–Trinajstić information content (AvgIpc) is 2.96. The number of nitrogens with one attached hydrogen (secondary N) is 2. The van der Waals surface area contributed by atoms with Gasteiger partial charge in [0.05, 0.1) is 5.75 Å². The Balaban J connectivity index is 1.31. The van der Waals surface area contributed by atoms with E-state index in [2.05, 4.69) is 26.7 Å². The summed E-state index contributed by atoms with van der Waals surface area (Å²) >= 11 is 0. The van der Waals surface area contributed by atoms with Crippen molar-refractivity contribution in [1.29, 1.82) is 0 Å². The van der Waals surface area contributed by atoms with E-state index >= 15 is 0 Å². The van der Waals surface area contributed by atoms with Gasteiger partial charge in [-0.15, -0.1) is 0 Å².